The standard InChI is InChI=1S/C14H17FN2O/c1-11-10-16-8-9-17(11)14(18)7-6-12-4-2-3-5-13(12)15/h2-7,11,16H,8-10H2,1H3/b7-6+. The predicted octanol–water partition coefficient (Wildman–Crippen LogP) is 1.66. The maximum atomic E-state index is 13.4. The molecule has 18 heavy (non-hydrogen) atoms. The Balaban J connectivity index is 2.05. The molecular weight excluding hydrogens is 231 g/mol. The largest absolute Gasteiger partial charge is 0.334 e. The van der Waals surface area contributed by atoms with E-state index in [9.17, 15) is 9.18 Å². The van der Waals surface area contributed by atoms with Crippen molar-refractivity contribution >= 4 is 12.0 Å². The fourth-order valence-electron chi connectivity index (χ4n) is 2.04. The van der Waals surface area contributed by atoms with Crippen molar-refractivity contribution < 1.29 is 9.18 Å². The van der Waals surface area contributed by atoms with E-state index in [1.54, 1.807) is 23.1 Å². The Bertz CT molecular complexity index is 459. The van der Waals surface area contributed by atoms with Gasteiger partial charge in [0.15, 0.2) is 0 Å². The molecule has 1 aliphatic heterocycles. The monoisotopic (exact) mass is 248 g/mol. The molecule has 0 bridgehead atoms. The molecule has 1 amide bonds. The number of rotatable bonds is 2. The molecule has 0 radical (unpaired) electrons. The molecule has 0 spiro atoms. The Labute approximate surface area is 106 Å². The lowest BCUT2D eigenvalue weighted by Gasteiger charge is -2.33. The zero-order chi connectivity index (χ0) is 13.0. The molecule has 4 heteroatoms. The lowest BCUT2D eigenvalue weighted by atomic mass is 10.1. The van der Waals surface area contributed by atoms with Gasteiger partial charge >= 0.3 is 0 Å². The third-order valence-electron chi connectivity index (χ3n) is 3.10. The third-order valence-corrected chi connectivity index (χ3v) is 3.10. The molecular formula is C14H17FN2O. The molecule has 0 aromatic heterocycles. The smallest absolute Gasteiger partial charge is 0.246 e. The van der Waals surface area contributed by atoms with Gasteiger partial charge in [-0.1, -0.05) is 18.2 Å². The van der Waals surface area contributed by atoms with Gasteiger partial charge in [-0.25, -0.2) is 4.39 Å². The summed E-state index contributed by atoms with van der Waals surface area (Å²) in [5.74, 6) is -0.373. The molecule has 0 saturated carbocycles. The second-order valence-corrected chi connectivity index (χ2v) is 4.44. The summed E-state index contributed by atoms with van der Waals surface area (Å²) in [5.41, 5.74) is 0.439. The van der Waals surface area contributed by atoms with Gasteiger partial charge in [0, 0.05) is 37.3 Å². The molecule has 1 aromatic carbocycles. The van der Waals surface area contributed by atoms with Crippen molar-refractivity contribution in [3.8, 4) is 0 Å². The van der Waals surface area contributed by atoms with Gasteiger partial charge in [-0.15, -0.1) is 0 Å². The van der Waals surface area contributed by atoms with Gasteiger partial charge in [-0.2, -0.15) is 0 Å². The van der Waals surface area contributed by atoms with Crippen LogP contribution in [0.4, 0.5) is 4.39 Å². The Kier molecular flexibility index (Phi) is 4.10. The summed E-state index contributed by atoms with van der Waals surface area (Å²) < 4.78 is 13.4. The van der Waals surface area contributed by atoms with Crippen molar-refractivity contribution in [1.29, 1.82) is 0 Å². The zero-order valence-corrected chi connectivity index (χ0v) is 10.4. The first kappa shape index (κ1) is 12.8. The fourth-order valence-corrected chi connectivity index (χ4v) is 2.04. The second-order valence-electron chi connectivity index (χ2n) is 4.44. The highest BCUT2D eigenvalue weighted by Crippen LogP contribution is 2.10. The summed E-state index contributed by atoms with van der Waals surface area (Å²) in [4.78, 5) is 13.8. The van der Waals surface area contributed by atoms with Crippen LogP contribution in [0.1, 0.15) is 12.5 Å². The Hall–Kier alpha value is -1.68. The zero-order valence-electron chi connectivity index (χ0n) is 10.4. The lowest BCUT2D eigenvalue weighted by Crippen LogP contribution is -2.51. The van der Waals surface area contributed by atoms with E-state index in [0.29, 0.717) is 12.1 Å². The number of halogens is 1. The molecule has 3 nitrogen and oxygen atoms in total. The van der Waals surface area contributed by atoms with Crippen LogP contribution < -0.4 is 5.32 Å². The van der Waals surface area contributed by atoms with Gasteiger partial charge in [0.1, 0.15) is 5.82 Å². The van der Waals surface area contributed by atoms with Crippen molar-refractivity contribution in [3.63, 3.8) is 0 Å². The third kappa shape index (κ3) is 2.96. The highest BCUT2D eigenvalue weighted by molar-refractivity contribution is 5.92. The first-order chi connectivity index (χ1) is 8.68. The average Bonchev–Trinajstić information content (AvgIpc) is 2.38. The first-order valence-electron chi connectivity index (χ1n) is 6.12. The molecule has 2 rings (SSSR count). The van der Waals surface area contributed by atoms with Crippen LogP contribution >= 0.6 is 0 Å². The minimum Gasteiger partial charge on any atom is -0.334 e. The van der Waals surface area contributed by atoms with Crippen LogP contribution in [0.3, 0.4) is 0 Å². The lowest BCUT2D eigenvalue weighted by molar-refractivity contribution is -0.128. The number of piperazine rings is 1. The number of hydrogen-bond donors (Lipinski definition) is 1. The number of amides is 1. The van der Waals surface area contributed by atoms with Gasteiger partial charge in [-0.3, -0.25) is 4.79 Å². The van der Waals surface area contributed by atoms with E-state index in [-0.39, 0.29) is 17.8 Å². The van der Waals surface area contributed by atoms with Crippen molar-refractivity contribution in [2.24, 2.45) is 0 Å². The summed E-state index contributed by atoms with van der Waals surface area (Å²) in [6.07, 6.45) is 2.98. The highest BCUT2D eigenvalue weighted by atomic mass is 19.1. The number of nitrogens with one attached hydrogen (secondary N) is 1. The van der Waals surface area contributed by atoms with Crippen molar-refractivity contribution in [3.05, 3.63) is 41.7 Å². The summed E-state index contributed by atoms with van der Waals surface area (Å²) in [6.45, 7) is 4.31. The fraction of sp³-hybridized carbons (Fsp3) is 0.357. The highest BCUT2D eigenvalue weighted by Gasteiger charge is 2.20. The Morgan fingerprint density at radius 1 is 1.50 bits per heavy atom. The summed E-state index contributed by atoms with van der Waals surface area (Å²) in [7, 11) is 0. The summed E-state index contributed by atoms with van der Waals surface area (Å²) in [6, 6.07) is 6.60. The van der Waals surface area contributed by atoms with E-state index in [2.05, 4.69) is 5.32 Å². The van der Waals surface area contributed by atoms with E-state index in [0.717, 1.165) is 13.1 Å². The summed E-state index contributed by atoms with van der Waals surface area (Å²) >= 11 is 0. The minimum atomic E-state index is -0.310. The number of benzene rings is 1. The van der Waals surface area contributed by atoms with E-state index in [1.165, 1.54) is 18.2 Å². The van der Waals surface area contributed by atoms with Crippen LogP contribution in [-0.2, 0) is 4.79 Å². The number of hydrogen-bond acceptors (Lipinski definition) is 2. The van der Waals surface area contributed by atoms with E-state index in [4.69, 9.17) is 0 Å². The van der Waals surface area contributed by atoms with Crippen LogP contribution in [0.15, 0.2) is 30.3 Å². The molecule has 96 valence electrons. The van der Waals surface area contributed by atoms with Crippen molar-refractivity contribution in [2.75, 3.05) is 19.6 Å². The van der Waals surface area contributed by atoms with E-state index < -0.39 is 0 Å². The molecule has 1 saturated heterocycles. The first-order valence-corrected chi connectivity index (χ1v) is 6.12. The van der Waals surface area contributed by atoms with Gasteiger partial charge in [0.2, 0.25) is 5.91 Å². The van der Waals surface area contributed by atoms with Crippen LogP contribution in [0.5, 0.6) is 0 Å². The quantitative estimate of drug-likeness (QED) is 0.807. The van der Waals surface area contributed by atoms with Gasteiger partial charge < -0.3 is 10.2 Å². The number of nitrogens with zero attached hydrogens (tertiary/aromatic N) is 1. The second kappa shape index (κ2) is 5.78. The van der Waals surface area contributed by atoms with Crippen LogP contribution in [0.2, 0.25) is 0 Å². The SMILES string of the molecule is CC1CNCCN1C(=O)/C=C/c1ccccc1F. The molecule has 1 aliphatic rings. The molecule has 1 aromatic rings. The van der Waals surface area contributed by atoms with Crippen LogP contribution in [0, 0.1) is 5.82 Å². The number of carbonyl (C=O) groups is 1. The Morgan fingerprint density at radius 3 is 3.00 bits per heavy atom. The summed E-state index contributed by atoms with van der Waals surface area (Å²) in [5, 5.41) is 3.22. The van der Waals surface area contributed by atoms with Gasteiger partial charge in [0.25, 0.3) is 0 Å². The van der Waals surface area contributed by atoms with Crippen LogP contribution in [-0.4, -0.2) is 36.5 Å². The van der Waals surface area contributed by atoms with Crippen molar-refractivity contribution in [1.82, 2.24) is 10.2 Å². The normalized spacial score (nSPS) is 20.3. The maximum absolute atomic E-state index is 13.4. The average molecular weight is 248 g/mol. The van der Waals surface area contributed by atoms with Crippen LogP contribution in [0.25, 0.3) is 6.08 Å². The Morgan fingerprint density at radius 2 is 2.28 bits per heavy atom. The van der Waals surface area contributed by atoms with Gasteiger partial charge in [-0.05, 0) is 19.1 Å². The number of carbonyl (C=O) groups excluding carboxylic acids is 1. The van der Waals surface area contributed by atoms with E-state index >= 15 is 0 Å². The molecule has 1 heterocycles. The predicted molar refractivity (Wildman–Crippen MR) is 69.5 cm³/mol. The minimum absolute atomic E-state index is 0.0627. The molecule has 0 aliphatic carbocycles. The molecule has 1 N–H and O–H groups in total. The molecule has 1 atom stereocenters. The van der Waals surface area contributed by atoms with Crippen molar-refractivity contribution in [2.45, 2.75) is 13.0 Å². The van der Waals surface area contributed by atoms with Gasteiger partial charge in [0.05, 0.1) is 0 Å². The molecule has 1 fully saturated rings. The van der Waals surface area contributed by atoms with E-state index in [1.807, 2.05) is 6.92 Å². The maximum Gasteiger partial charge on any atom is 0.246 e. The topological polar surface area (TPSA) is 32.3 Å². The molecule has 1 unspecified atom stereocenters.